The van der Waals surface area contributed by atoms with Gasteiger partial charge >= 0.3 is 0 Å². The quantitative estimate of drug-likeness (QED) is 0.170. The van der Waals surface area contributed by atoms with Crippen molar-refractivity contribution in [2.45, 2.75) is 9.79 Å². The molecule has 16 heteroatoms. The van der Waals surface area contributed by atoms with E-state index < -0.39 is 30.0 Å². The number of H-pyrrole nitrogens is 2. The van der Waals surface area contributed by atoms with Crippen LogP contribution in [0.1, 0.15) is 0 Å². The van der Waals surface area contributed by atoms with Crippen LogP contribution >= 0.6 is 0 Å². The normalized spacial score (nSPS) is 12.7. The summed E-state index contributed by atoms with van der Waals surface area (Å²) < 4.78 is 70.7. The molecule has 0 saturated heterocycles. The minimum Gasteiger partial charge on any atom is -0.324 e. The fraction of sp³-hybridized carbons (Fsp3) is 0. The molecule has 48 heavy (non-hydrogen) atoms. The minimum atomic E-state index is -4.76. The molecule has 8 bridgehead atoms. The molecule has 4 N–H and O–H groups in total. The number of nitrogens with one attached hydrogen (secondary N) is 2. The Hall–Kier alpha value is -5.94. The van der Waals surface area contributed by atoms with E-state index in [1.165, 1.54) is 24.3 Å². The van der Waals surface area contributed by atoms with Gasteiger partial charge in [0.25, 0.3) is 20.2 Å². The molecular formula is C32H18N8O6S2. The van der Waals surface area contributed by atoms with Gasteiger partial charge in [-0.2, -0.15) is 16.8 Å². The van der Waals surface area contributed by atoms with Gasteiger partial charge in [-0.25, -0.2) is 29.9 Å². The Balaban J connectivity index is 1.54. The summed E-state index contributed by atoms with van der Waals surface area (Å²) in [6.07, 6.45) is 0. The average molecular weight is 675 g/mol. The predicted octanol–water partition coefficient (Wildman–Crippen LogP) is 5.36. The van der Waals surface area contributed by atoms with Crippen LogP contribution in [0.2, 0.25) is 0 Å². The summed E-state index contributed by atoms with van der Waals surface area (Å²) in [6.45, 7) is 0. The highest BCUT2D eigenvalue weighted by Crippen LogP contribution is 2.40. The van der Waals surface area contributed by atoms with Gasteiger partial charge in [0.05, 0.1) is 5.56 Å². The van der Waals surface area contributed by atoms with Gasteiger partial charge in [0, 0.05) is 38.2 Å². The number of rotatable bonds is 2. The van der Waals surface area contributed by atoms with Gasteiger partial charge in [-0.05, 0) is 12.1 Å². The van der Waals surface area contributed by atoms with Gasteiger partial charge in [-0.15, -0.1) is 0 Å². The van der Waals surface area contributed by atoms with Gasteiger partial charge < -0.3 is 9.97 Å². The van der Waals surface area contributed by atoms with Crippen LogP contribution in [0.5, 0.6) is 0 Å². The fourth-order valence-electron chi connectivity index (χ4n) is 6.15. The Kier molecular flexibility index (Phi) is 5.77. The Morgan fingerprint density at radius 2 is 0.875 bits per heavy atom. The van der Waals surface area contributed by atoms with Gasteiger partial charge in [-0.3, -0.25) is 9.11 Å². The Morgan fingerprint density at radius 1 is 0.438 bits per heavy atom. The molecule has 3 aromatic heterocycles. The van der Waals surface area contributed by atoms with Crippen molar-refractivity contribution in [2.24, 2.45) is 0 Å². The molecule has 0 saturated carbocycles. The molecule has 0 unspecified atom stereocenters. The molecule has 5 heterocycles. The number of aromatic amines is 2. The van der Waals surface area contributed by atoms with Crippen LogP contribution in [-0.2, 0) is 20.2 Å². The molecule has 234 valence electrons. The zero-order valence-corrected chi connectivity index (χ0v) is 25.7. The lowest BCUT2D eigenvalue weighted by atomic mass is 10.1. The van der Waals surface area contributed by atoms with E-state index in [2.05, 4.69) is 19.9 Å². The largest absolute Gasteiger partial charge is 0.324 e. The molecule has 0 fully saturated rings. The zero-order valence-electron chi connectivity index (χ0n) is 24.1. The van der Waals surface area contributed by atoms with Gasteiger partial charge in [-0.1, -0.05) is 72.8 Å². The minimum absolute atomic E-state index is 0.0103. The molecule has 14 nitrogen and oxygen atoms in total. The van der Waals surface area contributed by atoms with Gasteiger partial charge in [0.15, 0.2) is 23.3 Å². The summed E-state index contributed by atoms with van der Waals surface area (Å²) >= 11 is 0. The first-order valence-corrected chi connectivity index (χ1v) is 17.1. The van der Waals surface area contributed by atoms with E-state index in [0.717, 1.165) is 0 Å². The standard InChI is InChI=1S/C32H18N8O6S2/c41-47(42,43)21-13-5-11-19-23(21)32-38-29(19)36-27-16-8-2-1-7-15(16)25(34-27)33-26-17-9-3-4-10-18(17)28(35-26)37-31-24-20(30(39-31)40-32)12-6-14-22(24)48(44,45)46/h1-14H,(H,41,42,43)(H,44,45,46)(H2,33,34,35,36,37,38,39,40). The third kappa shape index (κ3) is 4.24. The Labute approximate surface area is 269 Å². The number of nitrogens with zero attached hydrogens (tertiary/aromatic N) is 6. The second-order valence-electron chi connectivity index (χ2n) is 11.0. The van der Waals surface area contributed by atoms with Crippen molar-refractivity contribution in [3.63, 3.8) is 0 Å². The molecule has 2 aliphatic rings. The molecule has 7 aromatic rings. The molecule has 0 spiro atoms. The monoisotopic (exact) mass is 674 g/mol. The highest BCUT2D eigenvalue weighted by molar-refractivity contribution is 7.86. The van der Waals surface area contributed by atoms with Crippen LogP contribution in [0.25, 0.3) is 89.7 Å². The van der Waals surface area contributed by atoms with Crippen LogP contribution in [0.4, 0.5) is 0 Å². The smallest absolute Gasteiger partial charge is 0.295 e. The van der Waals surface area contributed by atoms with Crippen molar-refractivity contribution in [3.8, 4) is 45.6 Å². The summed E-state index contributed by atoms with van der Waals surface area (Å²) in [5.74, 6) is 0.516. The zero-order chi connectivity index (χ0) is 32.9. The second kappa shape index (κ2) is 9.79. The maximum absolute atomic E-state index is 12.6. The maximum Gasteiger partial charge on any atom is 0.295 e. The van der Waals surface area contributed by atoms with Crippen molar-refractivity contribution < 1.29 is 25.9 Å². The van der Waals surface area contributed by atoms with Crippen molar-refractivity contribution in [3.05, 3.63) is 84.9 Å². The molecule has 9 rings (SSSR count). The van der Waals surface area contributed by atoms with Crippen molar-refractivity contribution >= 4 is 64.4 Å². The van der Waals surface area contributed by atoms with Crippen molar-refractivity contribution in [2.75, 3.05) is 0 Å². The fourth-order valence-corrected chi connectivity index (χ4v) is 7.58. The van der Waals surface area contributed by atoms with Gasteiger partial charge in [0.2, 0.25) is 0 Å². The van der Waals surface area contributed by atoms with Crippen LogP contribution < -0.4 is 0 Å². The maximum atomic E-state index is 12.6. The molecule has 4 aromatic carbocycles. The SMILES string of the molecule is O=S(=O)(O)c1cccc2c1-c1nc-2nc2[nH]c(nc3nc(nc4[nH]c(n1)c1ccccc41)-c1ccccc1-3)c1cccc(S(=O)(=O)O)c21. The summed E-state index contributed by atoms with van der Waals surface area (Å²) in [5.41, 5.74) is 2.43. The molecular weight excluding hydrogens is 657 g/mol. The first-order chi connectivity index (χ1) is 23.0. The number of aromatic nitrogens is 8. The Bertz CT molecular complexity index is 2980. The van der Waals surface area contributed by atoms with Crippen LogP contribution in [0.15, 0.2) is 94.7 Å². The first-order valence-electron chi connectivity index (χ1n) is 14.3. The van der Waals surface area contributed by atoms with Crippen LogP contribution in [0, 0.1) is 0 Å². The Morgan fingerprint density at radius 3 is 1.52 bits per heavy atom. The first kappa shape index (κ1) is 28.3. The van der Waals surface area contributed by atoms with E-state index in [1.54, 1.807) is 12.1 Å². The lowest BCUT2D eigenvalue weighted by molar-refractivity contribution is 0.481. The number of hydrogen-bond donors (Lipinski definition) is 4. The van der Waals surface area contributed by atoms with E-state index in [4.69, 9.17) is 19.9 Å². The van der Waals surface area contributed by atoms with Crippen LogP contribution in [-0.4, -0.2) is 65.8 Å². The van der Waals surface area contributed by atoms with E-state index in [9.17, 15) is 25.9 Å². The molecule has 0 atom stereocenters. The third-order valence-electron chi connectivity index (χ3n) is 8.18. The summed E-state index contributed by atoms with van der Waals surface area (Å²) in [4.78, 5) is 33.8. The van der Waals surface area contributed by atoms with Crippen molar-refractivity contribution in [1.29, 1.82) is 0 Å². The number of hydrogen-bond acceptors (Lipinski definition) is 10. The molecule has 0 amide bonds. The summed E-state index contributed by atoms with van der Waals surface area (Å²) in [6, 6.07) is 23.2. The summed E-state index contributed by atoms with van der Waals surface area (Å²) in [5, 5.41) is 1.68. The van der Waals surface area contributed by atoms with Gasteiger partial charge in [0.1, 0.15) is 32.4 Å². The van der Waals surface area contributed by atoms with E-state index in [0.29, 0.717) is 50.2 Å². The third-order valence-corrected chi connectivity index (χ3v) is 9.97. The highest BCUT2D eigenvalue weighted by Gasteiger charge is 2.29. The number of benzene rings is 4. The molecule has 0 aliphatic carbocycles. The second-order valence-corrected chi connectivity index (χ2v) is 13.8. The predicted molar refractivity (Wildman–Crippen MR) is 176 cm³/mol. The molecule has 0 radical (unpaired) electrons. The van der Waals surface area contributed by atoms with E-state index >= 15 is 0 Å². The molecule has 2 aliphatic heterocycles. The van der Waals surface area contributed by atoms with E-state index in [-0.39, 0.29) is 39.5 Å². The summed E-state index contributed by atoms with van der Waals surface area (Å²) in [7, 11) is -9.51. The topological polar surface area (TPSA) is 218 Å². The average Bonchev–Trinajstić information content (AvgIpc) is 3.79. The van der Waals surface area contributed by atoms with Crippen molar-refractivity contribution in [1.82, 2.24) is 39.9 Å². The van der Waals surface area contributed by atoms with Crippen LogP contribution in [0.3, 0.4) is 0 Å². The lowest BCUT2D eigenvalue weighted by Gasteiger charge is -2.04. The van der Waals surface area contributed by atoms with E-state index in [1.807, 2.05) is 48.5 Å². The number of fused-ring (bicyclic) bond motifs is 20. The lowest BCUT2D eigenvalue weighted by Crippen LogP contribution is -2.01. The highest BCUT2D eigenvalue weighted by atomic mass is 32.2.